The van der Waals surface area contributed by atoms with Crippen molar-refractivity contribution in [3.63, 3.8) is 0 Å². The summed E-state index contributed by atoms with van der Waals surface area (Å²) in [7, 11) is 0. The van der Waals surface area contributed by atoms with Gasteiger partial charge in [-0.1, -0.05) is 12.1 Å². The number of rotatable bonds is 5. The number of aromatic nitrogens is 1. The zero-order valence-corrected chi connectivity index (χ0v) is 15.5. The van der Waals surface area contributed by atoms with Gasteiger partial charge in [-0.2, -0.15) is 0 Å². The molecule has 6 nitrogen and oxygen atoms in total. The molecule has 0 saturated heterocycles. The van der Waals surface area contributed by atoms with E-state index < -0.39 is 0 Å². The fourth-order valence-electron chi connectivity index (χ4n) is 2.83. The molecule has 2 N–H and O–H groups in total. The molecule has 0 spiro atoms. The maximum atomic E-state index is 12.6. The van der Waals surface area contributed by atoms with Gasteiger partial charge in [0.25, 0.3) is 11.8 Å². The van der Waals surface area contributed by atoms with Crippen LogP contribution in [-0.2, 0) is 6.54 Å². The van der Waals surface area contributed by atoms with Crippen LogP contribution in [0.15, 0.2) is 53.1 Å². The molecule has 0 atom stereocenters. The number of benzene rings is 1. The Morgan fingerprint density at radius 1 is 1.00 bits per heavy atom. The average Bonchev–Trinajstić information content (AvgIpc) is 2.92. The van der Waals surface area contributed by atoms with Gasteiger partial charge in [0.05, 0.1) is 17.8 Å². The van der Waals surface area contributed by atoms with E-state index in [4.69, 9.17) is 4.42 Å². The number of carbonyl (C=O) groups is 2. The Morgan fingerprint density at radius 2 is 1.81 bits per heavy atom. The van der Waals surface area contributed by atoms with Crippen molar-refractivity contribution in [2.24, 2.45) is 0 Å². The molecular formula is C21H21N3O3. The quantitative estimate of drug-likeness (QED) is 0.722. The van der Waals surface area contributed by atoms with E-state index in [1.165, 1.54) is 0 Å². The lowest BCUT2D eigenvalue weighted by Crippen LogP contribution is -2.23. The van der Waals surface area contributed by atoms with Crippen molar-refractivity contribution in [3.8, 4) is 0 Å². The van der Waals surface area contributed by atoms with Gasteiger partial charge < -0.3 is 15.1 Å². The molecule has 2 heterocycles. The first-order valence-corrected chi connectivity index (χ1v) is 8.62. The highest BCUT2D eigenvalue weighted by Gasteiger charge is 2.19. The largest absolute Gasteiger partial charge is 0.466 e. The van der Waals surface area contributed by atoms with Crippen molar-refractivity contribution in [1.82, 2.24) is 10.3 Å². The van der Waals surface area contributed by atoms with Crippen LogP contribution in [0, 0.1) is 20.8 Å². The predicted octanol–water partition coefficient (Wildman–Crippen LogP) is 3.78. The zero-order chi connectivity index (χ0) is 19.4. The van der Waals surface area contributed by atoms with Gasteiger partial charge in [0.2, 0.25) is 0 Å². The van der Waals surface area contributed by atoms with Crippen molar-refractivity contribution in [3.05, 3.63) is 82.6 Å². The van der Waals surface area contributed by atoms with E-state index in [9.17, 15) is 9.59 Å². The van der Waals surface area contributed by atoms with Crippen LogP contribution in [0.5, 0.6) is 0 Å². The van der Waals surface area contributed by atoms with Crippen LogP contribution < -0.4 is 10.6 Å². The van der Waals surface area contributed by atoms with Crippen LogP contribution >= 0.6 is 0 Å². The fourth-order valence-corrected chi connectivity index (χ4v) is 2.83. The molecule has 27 heavy (non-hydrogen) atoms. The first-order valence-electron chi connectivity index (χ1n) is 8.62. The monoisotopic (exact) mass is 363 g/mol. The highest BCUT2D eigenvalue weighted by Crippen LogP contribution is 2.22. The number of furan rings is 1. The van der Waals surface area contributed by atoms with Gasteiger partial charge >= 0.3 is 0 Å². The van der Waals surface area contributed by atoms with Crippen molar-refractivity contribution < 1.29 is 14.0 Å². The highest BCUT2D eigenvalue weighted by atomic mass is 16.3. The molecule has 0 bridgehead atoms. The molecule has 2 amide bonds. The summed E-state index contributed by atoms with van der Waals surface area (Å²) in [6, 6.07) is 12.3. The molecule has 0 fully saturated rings. The third kappa shape index (κ3) is 4.23. The third-order valence-electron chi connectivity index (χ3n) is 4.33. The third-order valence-corrected chi connectivity index (χ3v) is 4.33. The van der Waals surface area contributed by atoms with Gasteiger partial charge in [-0.05, 0) is 51.1 Å². The van der Waals surface area contributed by atoms with Gasteiger partial charge in [0.15, 0.2) is 0 Å². The van der Waals surface area contributed by atoms with Crippen LogP contribution in [0.2, 0.25) is 0 Å². The molecule has 2 aromatic heterocycles. The maximum Gasteiger partial charge on any atom is 0.259 e. The molecule has 6 heteroatoms. The Hall–Kier alpha value is -3.41. The smallest absolute Gasteiger partial charge is 0.259 e. The van der Waals surface area contributed by atoms with Crippen molar-refractivity contribution in [1.29, 1.82) is 0 Å². The molecule has 0 radical (unpaired) electrons. The summed E-state index contributed by atoms with van der Waals surface area (Å²) < 4.78 is 5.51. The molecule has 0 aliphatic rings. The second kappa shape index (κ2) is 7.86. The number of hydrogen-bond acceptors (Lipinski definition) is 4. The lowest BCUT2D eigenvalue weighted by molar-refractivity contribution is 0.0949. The number of pyridine rings is 1. The van der Waals surface area contributed by atoms with E-state index in [-0.39, 0.29) is 11.8 Å². The van der Waals surface area contributed by atoms with Crippen molar-refractivity contribution in [2.75, 3.05) is 5.32 Å². The summed E-state index contributed by atoms with van der Waals surface area (Å²) in [6.07, 6.45) is 1.68. The molecule has 3 rings (SSSR count). The number of nitrogens with zero attached hydrogens (tertiary/aromatic N) is 1. The van der Waals surface area contributed by atoms with Gasteiger partial charge in [-0.15, -0.1) is 0 Å². The summed E-state index contributed by atoms with van der Waals surface area (Å²) in [5, 5.41) is 5.65. The molecule has 0 saturated carbocycles. The molecule has 0 unspecified atom stereocenters. The topological polar surface area (TPSA) is 84.2 Å². The number of carbonyl (C=O) groups excluding carboxylic acids is 2. The number of hydrogen-bond donors (Lipinski definition) is 2. The summed E-state index contributed by atoms with van der Waals surface area (Å²) in [5.41, 5.74) is 3.12. The summed E-state index contributed by atoms with van der Waals surface area (Å²) in [5.74, 6) is 0.809. The van der Waals surface area contributed by atoms with Gasteiger partial charge in [0, 0.05) is 23.0 Å². The molecule has 0 aliphatic carbocycles. The Labute approximate surface area is 157 Å². The van der Waals surface area contributed by atoms with E-state index in [0.717, 1.165) is 17.0 Å². The molecular weight excluding hydrogens is 342 g/mol. The highest BCUT2D eigenvalue weighted by molar-refractivity contribution is 6.06. The number of anilines is 1. The Kier molecular flexibility index (Phi) is 5.35. The lowest BCUT2D eigenvalue weighted by Gasteiger charge is -2.08. The number of amides is 2. The fraction of sp³-hybridized carbons (Fsp3) is 0.190. The summed E-state index contributed by atoms with van der Waals surface area (Å²) in [6.45, 7) is 5.77. The Bertz CT molecular complexity index is 978. The van der Waals surface area contributed by atoms with E-state index in [2.05, 4.69) is 15.6 Å². The SMILES string of the molecule is Cc1oc(C)c(C(=O)Nc2cccc(C(=O)NCc3ccccn3)c2)c1C. The summed E-state index contributed by atoms with van der Waals surface area (Å²) in [4.78, 5) is 29.1. The van der Waals surface area contributed by atoms with E-state index in [0.29, 0.717) is 29.1 Å². The number of aryl methyl sites for hydroxylation is 2. The van der Waals surface area contributed by atoms with Crippen LogP contribution in [0.25, 0.3) is 0 Å². The molecule has 0 aliphatic heterocycles. The van der Waals surface area contributed by atoms with Crippen LogP contribution in [0.1, 0.15) is 43.5 Å². The maximum absolute atomic E-state index is 12.6. The zero-order valence-electron chi connectivity index (χ0n) is 15.5. The minimum Gasteiger partial charge on any atom is -0.466 e. The minimum absolute atomic E-state index is 0.233. The normalized spacial score (nSPS) is 10.5. The first-order chi connectivity index (χ1) is 13.0. The van der Waals surface area contributed by atoms with Crippen LogP contribution in [0.4, 0.5) is 5.69 Å². The van der Waals surface area contributed by atoms with E-state index in [1.54, 1.807) is 37.4 Å². The van der Waals surface area contributed by atoms with Crippen molar-refractivity contribution in [2.45, 2.75) is 27.3 Å². The average molecular weight is 363 g/mol. The van der Waals surface area contributed by atoms with Gasteiger partial charge in [-0.3, -0.25) is 14.6 Å². The molecule has 138 valence electrons. The minimum atomic E-state index is -0.257. The molecule has 1 aromatic carbocycles. The second-order valence-corrected chi connectivity index (χ2v) is 6.25. The van der Waals surface area contributed by atoms with Gasteiger partial charge in [0.1, 0.15) is 11.5 Å². The second-order valence-electron chi connectivity index (χ2n) is 6.25. The molecule has 3 aromatic rings. The predicted molar refractivity (Wildman–Crippen MR) is 103 cm³/mol. The Balaban J connectivity index is 1.69. The van der Waals surface area contributed by atoms with Crippen LogP contribution in [0.3, 0.4) is 0 Å². The standard InChI is InChI=1S/C21H21N3O3/c1-13-14(2)27-15(3)19(13)21(26)24-17-9-6-7-16(11-17)20(25)23-12-18-8-4-5-10-22-18/h4-11H,12H2,1-3H3,(H,23,25)(H,24,26). The van der Waals surface area contributed by atoms with E-state index in [1.807, 2.05) is 32.0 Å². The van der Waals surface area contributed by atoms with E-state index >= 15 is 0 Å². The first kappa shape index (κ1) is 18.4. The van der Waals surface area contributed by atoms with Gasteiger partial charge in [-0.25, -0.2) is 0 Å². The number of nitrogens with one attached hydrogen (secondary N) is 2. The lowest BCUT2D eigenvalue weighted by atomic mass is 10.1. The van der Waals surface area contributed by atoms with Crippen LogP contribution in [-0.4, -0.2) is 16.8 Å². The Morgan fingerprint density at radius 3 is 2.48 bits per heavy atom. The summed E-state index contributed by atoms with van der Waals surface area (Å²) >= 11 is 0. The van der Waals surface area contributed by atoms with Crippen molar-refractivity contribution >= 4 is 17.5 Å².